The van der Waals surface area contributed by atoms with E-state index in [0.29, 0.717) is 11.6 Å². The Morgan fingerprint density at radius 1 is 1.04 bits per heavy atom. The zero-order valence-corrected chi connectivity index (χ0v) is 13.3. The Labute approximate surface area is 135 Å². The second-order valence-electron chi connectivity index (χ2n) is 6.59. The smallest absolute Gasteiger partial charge is 0.336 e. The van der Waals surface area contributed by atoms with Crippen LogP contribution in [-0.2, 0) is 6.54 Å². The lowest BCUT2D eigenvalue weighted by Crippen LogP contribution is -2.88. The predicted octanol–water partition coefficient (Wildman–Crippen LogP) is 3.34. The van der Waals surface area contributed by atoms with Crippen LogP contribution in [0.15, 0.2) is 51.7 Å². The molecule has 0 spiro atoms. The van der Waals surface area contributed by atoms with E-state index < -0.39 is 0 Å². The molecular formula is C20H22NO2+. The number of hydrogen-bond donors (Lipinski definition) is 1. The van der Waals surface area contributed by atoms with Crippen LogP contribution in [0.1, 0.15) is 37.7 Å². The standard InChI is InChI=1S/C20H21NO2/c22-19-12-15(13-21-16-7-2-1-3-8-16)20-17-9-5-4-6-14(17)10-11-18(20)23-19/h4-6,9-12,16,21H,1-3,7-8,13H2/p+1. The molecule has 1 aromatic heterocycles. The van der Waals surface area contributed by atoms with Gasteiger partial charge in [-0.05, 0) is 42.5 Å². The number of nitrogens with two attached hydrogens (primary N) is 1. The fourth-order valence-electron chi connectivity index (χ4n) is 3.84. The van der Waals surface area contributed by atoms with Crippen molar-refractivity contribution in [3.05, 3.63) is 58.4 Å². The Morgan fingerprint density at radius 2 is 1.87 bits per heavy atom. The van der Waals surface area contributed by atoms with Crippen LogP contribution in [0.5, 0.6) is 0 Å². The van der Waals surface area contributed by atoms with Crippen molar-refractivity contribution in [3.8, 4) is 0 Å². The van der Waals surface area contributed by atoms with Gasteiger partial charge in [0.1, 0.15) is 12.1 Å². The summed E-state index contributed by atoms with van der Waals surface area (Å²) in [5.74, 6) is 0. The van der Waals surface area contributed by atoms with Gasteiger partial charge >= 0.3 is 5.63 Å². The molecule has 2 aromatic carbocycles. The molecule has 0 saturated heterocycles. The van der Waals surface area contributed by atoms with E-state index in [1.54, 1.807) is 6.07 Å². The minimum absolute atomic E-state index is 0.250. The number of hydrogen-bond acceptors (Lipinski definition) is 2. The Hall–Kier alpha value is -2.13. The second-order valence-corrected chi connectivity index (χ2v) is 6.59. The largest absolute Gasteiger partial charge is 0.423 e. The third-order valence-electron chi connectivity index (χ3n) is 5.04. The summed E-state index contributed by atoms with van der Waals surface area (Å²) in [6, 6.07) is 14.6. The van der Waals surface area contributed by atoms with Crippen LogP contribution in [0, 0.1) is 0 Å². The van der Waals surface area contributed by atoms with Crippen LogP contribution in [0.4, 0.5) is 0 Å². The molecule has 0 bridgehead atoms. The lowest BCUT2D eigenvalue weighted by atomic mass is 9.95. The van der Waals surface area contributed by atoms with Gasteiger partial charge in [-0.2, -0.15) is 0 Å². The summed E-state index contributed by atoms with van der Waals surface area (Å²) in [5, 5.41) is 5.86. The molecule has 0 amide bonds. The first-order valence-electron chi connectivity index (χ1n) is 8.59. The van der Waals surface area contributed by atoms with E-state index in [-0.39, 0.29) is 5.63 Å². The average molecular weight is 308 g/mol. The quantitative estimate of drug-likeness (QED) is 0.596. The van der Waals surface area contributed by atoms with Gasteiger partial charge in [0.05, 0.1) is 6.04 Å². The van der Waals surface area contributed by atoms with Crippen LogP contribution < -0.4 is 10.9 Å². The summed E-state index contributed by atoms with van der Waals surface area (Å²) in [7, 11) is 0. The first-order valence-corrected chi connectivity index (χ1v) is 8.59. The van der Waals surface area contributed by atoms with Crippen LogP contribution in [-0.4, -0.2) is 6.04 Å². The summed E-state index contributed by atoms with van der Waals surface area (Å²) in [6.45, 7) is 0.848. The van der Waals surface area contributed by atoms with E-state index in [4.69, 9.17) is 4.42 Å². The second kappa shape index (κ2) is 6.17. The summed E-state index contributed by atoms with van der Waals surface area (Å²) in [4.78, 5) is 11.9. The molecule has 0 atom stereocenters. The highest BCUT2D eigenvalue weighted by Crippen LogP contribution is 2.27. The molecule has 1 aliphatic rings. The van der Waals surface area contributed by atoms with E-state index >= 15 is 0 Å². The van der Waals surface area contributed by atoms with Crippen LogP contribution >= 0.6 is 0 Å². The highest BCUT2D eigenvalue weighted by atomic mass is 16.4. The number of fused-ring (bicyclic) bond motifs is 3. The number of benzene rings is 2. The van der Waals surface area contributed by atoms with Crippen molar-refractivity contribution >= 4 is 21.7 Å². The summed E-state index contributed by atoms with van der Waals surface area (Å²) < 4.78 is 5.43. The highest BCUT2D eigenvalue weighted by Gasteiger charge is 2.17. The van der Waals surface area contributed by atoms with Gasteiger partial charge in [-0.15, -0.1) is 0 Å². The predicted molar refractivity (Wildman–Crippen MR) is 92.5 cm³/mol. The van der Waals surface area contributed by atoms with Crippen molar-refractivity contribution in [1.29, 1.82) is 0 Å². The third-order valence-corrected chi connectivity index (χ3v) is 5.04. The van der Waals surface area contributed by atoms with E-state index in [0.717, 1.165) is 17.5 Å². The van der Waals surface area contributed by atoms with Gasteiger partial charge in [0.15, 0.2) is 0 Å². The van der Waals surface area contributed by atoms with Gasteiger partial charge in [-0.1, -0.05) is 36.8 Å². The fourth-order valence-corrected chi connectivity index (χ4v) is 3.84. The third kappa shape index (κ3) is 2.89. The summed E-state index contributed by atoms with van der Waals surface area (Å²) >= 11 is 0. The Bertz CT molecular complexity index is 891. The monoisotopic (exact) mass is 308 g/mol. The van der Waals surface area contributed by atoms with Crippen molar-refractivity contribution in [2.75, 3.05) is 0 Å². The molecule has 23 heavy (non-hydrogen) atoms. The van der Waals surface area contributed by atoms with E-state index in [1.165, 1.54) is 42.9 Å². The lowest BCUT2D eigenvalue weighted by molar-refractivity contribution is -0.706. The van der Waals surface area contributed by atoms with Crippen molar-refractivity contribution in [3.63, 3.8) is 0 Å². The molecule has 0 unspecified atom stereocenters. The molecule has 1 aliphatic carbocycles. The normalized spacial score (nSPS) is 16.2. The Balaban J connectivity index is 1.77. The lowest BCUT2D eigenvalue weighted by Gasteiger charge is -2.20. The van der Waals surface area contributed by atoms with Crippen LogP contribution in [0.2, 0.25) is 0 Å². The first kappa shape index (κ1) is 14.5. The fraction of sp³-hybridized carbons (Fsp3) is 0.350. The topological polar surface area (TPSA) is 46.8 Å². The number of rotatable bonds is 3. The molecule has 3 aromatic rings. The summed E-state index contributed by atoms with van der Waals surface area (Å²) in [6.07, 6.45) is 6.62. The maximum Gasteiger partial charge on any atom is 0.336 e. The molecule has 2 N–H and O–H groups in total. The van der Waals surface area contributed by atoms with Crippen molar-refractivity contribution in [2.45, 2.75) is 44.7 Å². The molecule has 0 radical (unpaired) electrons. The molecule has 1 fully saturated rings. The molecule has 0 aliphatic heterocycles. The first-order chi connectivity index (χ1) is 11.3. The Kier molecular flexibility index (Phi) is 3.88. The van der Waals surface area contributed by atoms with Crippen molar-refractivity contribution in [2.24, 2.45) is 0 Å². The minimum atomic E-state index is -0.250. The van der Waals surface area contributed by atoms with E-state index in [1.807, 2.05) is 24.3 Å². The van der Waals surface area contributed by atoms with E-state index in [9.17, 15) is 4.79 Å². The summed E-state index contributed by atoms with van der Waals surface area (Å²) in [5.41, 5.74) is 1.54. The molecular weight excluding hydrogens is 286 g/mol. The van der Waals surface area contributed by atoms with Gasteiger partial charge in [-0.25, -0.2) is 4.79 Å². The average Bonchev–Trinajstić information content (AvgIpc) is 2.60. The van der Waals surface area contributed by atoms with E-state index in [2.05, 4.69) is 17.4 Å². The molecule has 3 heteroatoms. The zero-order valence-electron chi connectivity index (χ0n) is 13.3. The van der Waals surface area contributed by atoms with Gasteiger partial charge in [0.2, 0.25) is 0 Å². The number of quaternary nitrogens is 1. The van der Waals surface area contributed by atoms with Crippen LogP contribution in [0.25, 0.3) is 21.7 Å². The van der Waals surface area contributed by atoms with Crippen LogP contribution in [0.3, 0.4) is 0 Å². The van der Waals surface area contributed by atoms with Gasteiger partial charge in [-0.3, -0.25) is 0 Å². The maximum atomic E-state index is 11.9. The SMILES string of the molecule is O=c1cc(C[NH2+]C2CCCCC2)c2c(ccc3ccccc32)o1. The zero-order chi connectivity index (χ0) is 15.6. The van der Waals surface area contributed by atoms with Gasteiger partial charge in [0.25, 0.3) is 0 Å². The molecule has 4 rings (SSSR count). The van der Waals surface area contributed by atoms with Gasteiger partial charge < -0.3 is 9.73 Å². The molecule has 3 nitrogen and oxygen atoms in total. The maximum absolute atomic E-state index is 11.9. The van der Waals surface area contributed by atoms with Crippen molar-refractivity contribution < 1.29 is 9.73 Å². The molecule has 1 heterocycles. The van der Waals surface area contributed by atoms with Gasteiger partial charge in [0, 0.05) is 17.0 Å². The Morgan fingerprint density at radius 3 is 2.74 bits per heavy atom. The highest BCUT2D eigenvalue weighted by molar-refractivity contribution is 6.06. The minimum Gasteiger partial charge on any atom is -0.423 e. The van der Waals surface area contributed by atoms with Crippen molar-refractivity contribution in [1.82, 2.24) is 0 Å². The molecule has 1 saturated carbocycles. The molecule has 118 valence electrons.